The minimum atomic E-state index is -0.653. The van der Waals surface area contributed by atoms with Gasteiger partial charge in [0.25, 0.3) is 17.0 Å². The third-order valence-electron chi connectivity index (χ3n) is 4.39. The molecule has 9 nitrogen and oxygen atoms in total. The van der Waals surface area contributed by atoms with Crippen LogP contribution in [0.3, 0.4) is 0 Å². The number of rotatable bonds is 3. The number of methoxy groups -OCH3 is 1. The van der Waals surface area contributed by atoms with Gasteiger partial charge >= 0.3 is 5.69 Å². The van der Waals surface area contributed by atoms with Crippen molar-refractivity contribution in [3.63, 3.8) is 0 Å². The number of amides is 1. The number of nitrogens with one attached hydrogen (secondary N) is 1. The fraction of sp³-hybridized carbons (Fsp3) is 0.222. The largest absolute Gasteiger partial charge is 0.497 e. The number of carbonyl (C=O) groups excluding carboxylic acids is 1. The minimum absolute atomic E-state index is 0.0119. The van der Waals surface area contributed by atoms with Gasteiger partial charge < -0.3 is 10.1 Å². The number of benzene rings is 1. The molecular formula is C18H18N4O5. The van der Waals surface area contributed by atoms with Crippen LogP contribution in [0.5, 0.6) is 5.75 Å². The molecular weight excluding hydrogens is 352 g/mol. The van der Waals surface area contributed by atoms with Crippen molar-refractivity contribution in [1.82, 2.24) is 13.7 Å². The van der Waals surface area contributed by atoms with E-state index in [1.165, 1.54) is 37.4 Å². The van der Waals surface area contributed by atoms with E-state index in [0.29, 0.717) is 11.4 Å². The first-order valence-corrected chi connectivity index (χ1v) is 8.01. The first kappa shape index (κ1) is 18.2. The standard InChI is InChI=1S/C18H18N4O5/c1-20-13(23)9-12(14-16(20)21(2)18(26)22(3)17(14)25)15(24)19-10-6-5-7-11(8-10)27-4/h5-9H,1-4H3,(H,19,24). The van der Waals surface area contributed by atoms with Gasteiger partial charge in [0, 0.05) is 39.0 Å². The van der Waals surface area contributed by atoms with Gasteiger partial charge in [0.05, 0.1) is 18.1 Å². The SMILES string of the molecule is COc1cccc(NC(=O)c2cc(=O)n(C)c3c2c(=O)n(C)c(=O)n3C)c1. The summed E-state index contributed by atoms with van der Waals surface area (Å²) < 4.78 is 8.35. The molecule has 0 aliphatic rings. The molecule has 27 heavy (non-hydrogen) atoms. The lowest BCUT2D eigenvalue weighted by Crippen LogP contribution is -2.40. The van der Waals surface area contributed by atoms with Gasteiger partial charge in [0.15, 0.2) is 0 Å². The smallest absolute Gasteiger partial charge is 0.332 e. The lowest BCUT2D eigenvalue weighted by atomic mass is 10.1. The van der Waals surface area contributed by atoms with E-state index in [1.54, 1.807) is 24.3 Å². The zero-order valence-corrected chi connectivity index (χ0v) is 15.3. The van der Waals surface area contributed by atoms with E-state index in [1.807, 2.05) is 0 Å². The fourth-order valence-electron chi connectivity index (χ4n) is 2.94. The van der Waals surface area contributed by atoms with Gasteiger partial charge in [-0.25, -0.2) is 4.79 Å². The summed E-state index contributed by atoms with van der Waals surface area (Å²) in [4.78, 5) is 50.0. The molecule has 0 aliphatic carbocycles. The summed E-state index contributed by atoms with van der Waals surface area (Å²) >= 11 is 0. The van der Waals surface area contributed by atoms with Crippen LogP contribution in [0, 0.1) is 0 Å². The van der Waals surface area contributed by atoms with Crippen LogP contribution < -0.4 is 26.9 Å². The normalized spacial score (nSPS) is 10.8. The second kappa shape index (κ2) is 6.60. The highest BCUT2D eigenvalue weighted by atomic mass is 16.5. The first-order valence-electron chi connectivity index (χ1n) is 8.01. The summed E-state index contributed by atoms with van der Waals surface area (Å²) in [6.07, 6.45) is 0. The molecule has 2 aromatic heterocycles. The Morgan fingerprint density at radius 3 is 2.37 bits per heavy atom. The Balaban J connectivity index is 2.27. The van der Waals surface area contributed by atoms with Crippen molar-refractivity contribution in [3.05, 3.63) is 67.1 Å². The maximum Gasteiger partial charge on any atom is 0.332 e. The van der Waals surface area contributed by atoms with Crippen LogP contribution in [0.1, 0.15) is 10.4 Å². The Bertz CT molecular complexity index is 1250. The van der Waals surface area contributed by atoms with E-state index in [9.17, 15) is 19.2 Å². The van der Waals surface area contributed by atoms with Crippen LogP contribution >= 0.6 is 0 Å². The van der Waals surface area contributed by atoms with E-state index in [-0.39, 0.29) is 16.6 Å². The molecule has 0 aliphatic heterocycles. The lowest BCUT2D eigenvalue weighted by molar-refractivity contribution is 0.102. The van der Waals surface area contributed by atoms with Gasteiger partial charge in [-0.15, -0.1) is 0 Å². The quantitative estimate of drug-likeness (QED) is 0.709. The summed E-state index contributed by atoms with van der Waals surface area (Å²) in [6.45, 7) is 0. The average molecular weight is 370 g/mol. The van der Waals surface area contributed by atoms with Gasteiger partial charge in [-0.05, 0) is 12.1 Å². The number of aryl methyl sites for hydroxylation is 2. The Morgan fingerprint density at radius 1 is 1.00 bits per heavy atom. The molecule has 0 radical (unpaired) electrons. The minimum Gasteiger partial charge on any atom is -0.497 e. The molecule has 1 aromatic carbocycles. The zero-order valence-electron chi connectivity index (χ0n) is 15.3. The molecule has 1 amide bonds. The number of anilines is 1. The van der Waals surface area contributed by atoms with Crippen molar-refractivity contribution in [2.75, 3.05) is 12.4 Å². The molecule has 9 heteroatoms. The second-order valence-electron chi connectivity index (χ2n) is 6.05. The monoisotopic (exact) mass is 370 g/mol. The van der Waals surface area contributed by atoms with Crippen molar-refractivity contribution in [2.45, 2.75) is 0 Å². The highest BCUT2D eigenvalue weighted by Gasteiger charge is 2.20. The summed E-state index contributed by atoms with van der Waals surface area (Å²) in [7, 11) is 5.69. The molecule has 0 spiro atoms. The van der Waals surface area contributed by atoms with E-state index in [0.717, 1.165) is 10.6 Å². The van der Waals surface area contributed by atoms with E-state index in [4.69, 9.17) is 4.74 Å². The Labute approximate surface area is 153 Å². The predicted molar refractivity (Wildman–Crippen MR) is 101 cm³/mol. The molecule has 1 N–H and O–H groups in total. The van der Waals surface area contributed by atoms with E-state index in [2.05, 4.69) is 5.32 Å². The Morgan fingerprint density at radius 2 is 1.70 bits per heavy atom. The van der Waals surface area contributed by atoms with Crippen LogP contribution in [0.15, 0.2) is 44.7 Å². The molecule has 0 fully saturated rings. The Hall–Kier alpha value is -3.62. The van der Waals surface area contributed by atoms with Gasteiger partial charge in [-0.1, -0.05) is 6.07 Å². The molecule has 0 bridgehead atoms. The highest BCUT2D eigenvalue weighted by molar-refractivity contribution is 6.11. The zero-order chi connectivity index (χ0) is 19.9. The first-order chi connectivity index (χ1) is 12.8. The van der Waals surface area contributed by atoms with Crippen molar-refractivity contribution in [3.8, 4) is 5.75 Å². The molecule has 3 aromatic rings. The second-order valence-corrected chi connectivity index (χ2v) is 6.05. The number of nitrogens with zero attached hydrogens (tertiary/aromatic N) is 3. The van der Waals surface area contributed by atoms with Crippen LogP contribution in [0.4, 0.5) is 5.69 Å². The number of carbonyl (C=O) groups is 1. The molecule has 0 unspecified atom stereocenters. The number of pyridine rings is 1. The summed E-state index contributed by atoms with van der Waals surface area (Å²) in [5.74, 6) is -0.0957. The molecule has 0 atom stereocenters. The molecule has 0 saturated heterocycles. The predicted octanol–water partition coefficient (Wildman–Crippen LogP) is 0.197. The number of hydrogen-bond acceptors (Lipinski definition) is 5. The topological polar surface area (TPSA) is 104 Å². The number of ether oxygens (including phenoxy) is 1. The van der Waals surface area contributed by atoms with Crippen molar-refractivity contribution < 1.29 is 9.53 Å². The van der Waals surface area contributed by atoms with Gasteiger partial charge in [-0.3, -0.25) is 28.1 Å². The van der Waals surface area contributed by atoms with Crippen molar-refractivity contribution in [1.29, 1.82) is 0 Å². The average Bonchev–Trinajstić information content (AvgIpc) is 2.66. The molecule has 2 heterocycles. The molecule has 0 saturated carbocycles. The van der Waals surface area contributed by atoms with Gasteiger partial charge in [-0.2, -0.15) is 0 Å². The van der Waals surface area contributed by atoms with Gasteiger partial charge in [0.1, 0.15) is 11.4 Å². The van der Waals surface area contributed by atoms with Gasteiger partial charge in [0.2, 0.25) is 0 Å². The van der Waals surface area contributed by atoms with Crippen molar-refractivity contribution in [2.24, 2.45) is 21.1 Å². The molecule has 140 valence electrons. The maximum absolute atomic E-state index is 12.8. The molecule has 3 rings (SSSR count). The van der Waals surface area contributed by atoms with Crippen LogP contribution in [0.25, 0.3) is 11.0 Å². The van der Waals surface area contributed by atoms with Crippen LogP contribution in [-0.2, 0) is 21.1 Å². The lowest BCUT2D eigenvalue weighted by Gasteiger charge is -2.14. The maximum atomic E-state index is 12.8. The third-order valence-corrected chi connectivity index (χ3v) is 4.39. The van der Waals surface area contributed by atoms with E-state index >= 15 is 0 Å². The fourth-order valence-corrected chi connectivity index (χ4v) is 2.94. The summed E-state index contributed by atoms with van der Waals surface area (Å²) in [6, 6.07) is 7.75. The summed E-state index contributed by atoms with van der Waals surface area (Å²) in [5, 5.41) is 2.64. The van der Waals surface area contributed by atoms with Crippen LogP contribution in [-0.4, -0.2) is 26.7 Å². The van der Waals surface area contributed by atoms with Crippen LogP contribution in [0.2, 0.25) is 0 Å². The van der Waals surface area contributed by atoms with E-state index < -0.39 is 22.7 Å². The number of aromatic nitrogens is 3. The third kappa shape index (κ3) is 2.92. The van der Waals surface area contributed by atoms with Crippen molar-refractivity contribution >= 4 is 22.6 Å². The highest BCUT2D eigenvalue weighted by Crippen LogP contribution is 2.18. The number of fused-ring (bicyclic) bond motifs is 1. The number of hydrogen-bond donors (Lipinski definition) is 1. The summed E-state index contributed by atoms with van der Waals surface area (Å²) in [5.41, 5.74) is -1.35. The Kier molecular flexibility index (Phi) is 4.44.